The molecular weight excluding hydrogens is 264 g/mol. The van der Waals surface area contributed by atoms with Crippen LogP contribution in [-0.4, -0.2) is 0 Å². The lowest BCUT2D eigenvalue weighted by atomic mass is 9.77. The minimum atomic E-state index is 0.508. The van der Waals surface area contributed by atoms with Crippen molar-refractivity contribution in [3.8, 4) is 0 Å². The van der Waals surface area contributed by atoms with E-state index in [9.17, 15) is 0 Å². The molecule has 0 heterocycles. The summed E-state index contributed by atoms with van der Waals surface area (Å²) in [4.78, 5) is 0. The molecule has 1 saturated carbocycles. The normalized spacial score (nSPS) is 25.7. The lowest BCUT2D eigenvalue weighted by Gasteiger charge is -2.28. The molecule has 0 aromatic rings. The van der Waals surface area contributed by atoms with Crippen LogP contribution in [0.3, 0.4) is 0 Å². The molecule has 0 aromatic carbocycles. The summed E-state index contributed by atoms with van der Waals surface area (Å²) >= 11 is 0. The van der Waals surface area contributed by atoms with Crippen LogP contribution in [0.1, 0.15) is 99.3 Å². The van der Waals surface area contributed by atoms with E-state index in [-0.39, 0.29) is 0 Å². The van der Waals surface area contributed by atoms with Crippen LogP contribution in [0, 0.1) is 29.1 Å². The molecule has 0 bridgehead atoms. The van der Waals surface area contributed by atoms with E-state index in [1.807, 2.05) is 0 Å². The van der Waals surface area contributed by atoms with Crippen molar-refractivity contribution in [1.82, 2.24) is 0 Å². The topological polar surface area (TPSA) is 0 Å². The highest BCUT2D eigenvalue weighted by molar-refractivity contribution is 4.88. The Morgan fingerprint density at radius 2 is 1.82 bits per heavy atom. The summed E-state index contributed by atoms with van der Waals surface area (Å²) in [6, 6.07) is 0. The largest absolute Gasteiger partial charge is 0.0883 e. The minimum Gasteiger partial charge on any atom is -0.0883 e. The summed E-state index contributed by atoms with van der Waals surface area (Å²) < 4.78 is 0. The maximum absolute atomic E-state index is 2.52. The van der Waals surface area contributed by atoms with Crippen LogP contribution in [-0.2, 0) is 0 Å². The van der Waals surface area contributed by atoms with Crippen LogP contribution < -0.4 is 0 Å². The summed E-state index contributed by atoms with van der Waals surface area (Å²) in [5, 5.41) is 0. The van der Waals surface area contributed by atoms with Gasteiger partial charge in [0.2, 0.25) is 0 Å². The van der Waals surface area contributed by atoms with E-state index in [2.05, 4.69) is 53.7 Å². The van der Waals surface area contributed by atoms with Crippen molar-refractivity contribution in [3.63, 3.8) is 0 Å². The van der Waals surface area contributed by atoms with Gasteiger partial charge in [-0.3, -0.25) is 0 Å². The summed E-state index contributed by atoms with van der Waals surface area (Å²) in [7, 11) is 0. The highest BCUT2D eigenvalue weighted by Gasteiger charge is 2.31. The quantitative estimate of drug-likeness (QED) is 0.384. The van der Waals surface area contributed by atoms with Crippen LogP contribution in [0.4, 0.5) is 0 Å². The SMILES string of the molecule is CCCC(C)C=CCCC(C)C1CCCC1CCC(C)(C)C. The van der Waals surface area contributed by atoms with Crippen LogP contribution in [0.15, 0.2) is 12.2 Å². The molecule has 4 unspecified atom stereocenters. The fourth-order valence-corrected chi connectivity index (χ4v) is 4.24. The second-order valence-corrected chi connectivity index (χ2v) is 9.20. The molecule has 130 valence electrons. The van der Waals surface area contributed by atoms with E-state index in [4.69, 9.17) is 0 Å². The van der Waals surface area contributed by atoms with Gasteiger partial charge in [0.25, 0.3) is 0 Å². The van der Waals surface area contributed by atoms with Gasteiger partial charge in [0.15, 0.2) is 0 Å². The third kappa shape index (κ3) is 7.84. The van der Waals surface area contributed by atoms with Gasteiger partial charge in [-0.25, -0.2) is 0 Å². The van der Waals surface area contributed by atoms with Crippen LogP contribution in [0.2, 0.25) is 0 Å². The molecule has 22 heavy (non-hydrogen) atoms. The highest BCUT2D eigenvalue weighted by Crippen LogP contribution is 2.42. The minimum absolute atomic E-state index is 0.508. The molecule has 0 spiro atoms. The summed E-state index contributed by atoms with van der Waals surface area (Å²) in [5.41, 5.74) is 0.508. The Bertz CT molecular complexity index is 306. The number of hydrogen-bond acceptors (Lipinski definition) is 0. The van der Waals surface area contributed by atoms with E-state index < -0.39 is 0 Å². The standard InChI is InChI=1S/C22H42/c1-7-11-18(2)12-8-9-13-19(3)21-15-10-14-20(21)16-17-22(4,5)6/h8,12,18-21H,7,9-11,13-17H2,1-6H3. The van der Waals surface area contributed by atoms with E-state index >= 15 is 0 Å². The number of hydrogen-bond donors (Lipinski definition) is 0. The van der Waals surface area contributed by atoms with Gasteiger partial charge in [-0.05, 0) is 67.6 Å². The molecule has 1 aliphatic carbocycles. The molecule has 0 heteroatoms. The van der Waals surface area contributed by atoms with Crippen molar-refractivity contribution in [2.24, 2.45) is 29.1 Å². The number of allylic oxidation sites excluding steroid dienone is 2. The second-order valence-electron chi connectivity index (χ2n) is 9.20. The molecule has 0 saturated heterocycles. The first kappa shape index (κ1) is 19.8. The number of rotatable bonds is 9. The van der Waals surface area contributed by atoms with Gasteiger partial charge in [0.1, 0.15) is 0 Å². The van der Waals surface area contributed by atoms with E-state index in [1.54, 1.807) is 0 Å². The second kappa shape index (κ2) is 9.78. The lowest BCUT2D eigenvalue weighted by molar-refractivity contribution is 0.225. The molecule has 0 nitrogen and oxygen atoms in total. The third-order valence-electron chi connectivity index (χ3n) is 5.71. The molecule has 1 rings (SSSR count). The Kier molecular flexibility index (Phi) is 8.80. The Hall–Kier alpha value is -0.260. The van der Waals surface area contributed by atoms with Gasteiger partial charge in [-0.2, -0.15) is 0 Å². The predicted octanol–water partition coefficient (Wildman–Crippen LogP) is 7.64. The predicted molar refractivity (Wildman–Crippen MR) is 101 cm³/mol. The first-order valence-electron chi connectivity index (χ1n) is 10.00. The molecule has 0 N–H and O–H groups in total. The van der Waals surface area contributed by atoms with Gasteiger partial charge in [-0.15, -0.1) is 0 Å². The van der Waals surface area contributed by atoms with Gasteiger partial charge >= 0.3 is 0 Å². The first-order valence-corrected chi connectivity index (χ1v) is 10.00. The zero-order valence-corrected chi connectivity index (χ0v) is 16.3. The maximum Gasteiger partial charge on any atom is -0.0262 e. The summed E-state index contributed by atoms with van der Waals surface area (Å²) in [6.45, 7) is 14.3. The van der Waals surface area contributed by atoms with Crippen molar-refractivity contribution in [1.29, 1.82) is 0 Å². The molecule has 0 aliphatic heterocycles. The smallest absolute Gasteiger partial charge is 0.0262 e. The van der Waals surface area contributed by atoms with Gasteiger partial charge in [-0.1, -0.05) is 73.0 Å². The Morgan fingerprint density at radius 3 is 2.45 bits per heavy atom. The van der Waals surface area contributed by atoms with Crippen LogP contribution in [0.25, 0.3) is 0 Å². The van der Waals surface area contributed by atoms with Gasteiger partial charge in [0, 0.05) is 0 Å². The molecular formula is C22H42. The molecule has 0 aromatic heterocycles. The van der Waals surface area contributed by atoms with E-state index in [1.165, 1.54) is 57.8 Å². The van der Waals surface area contributed by atoms with Crippen molar-refractivity contribution < 1.29 is 0 Å². The molecule has 1 fully saturated rings. The van der Waals surface area contributed by atoms with Crippen molar-refractivity contribution in [3.05, 3.63) is 12.2 Å². The van der Waals surface area contributed by atoms with Crippen molar-refractivity contribution in [2.45, 2.75) is 99.3 Å². The fourth-order valence-electron chi connectivity index (χ4n) is 4.24. The van der Waals surface area contributed by atoms with Crippen molar-refractivity contribution >= 4 is 0 Å². The summed E-state index contributed by atoms with van der Waals surface area (Å²) in [5.74, 6) is 3.70. The molecule has 0 radical (unpaired) electrons. The average molecular weight is 307 g/mol. The maximum atomic E-state index is 2.52. The van der Waals surface area contributed by atoms with Crippen LogP contribution >= 0.6 is 0 Å². The fraction of sp³-hybridized carbons (Fsp3) is 0.909. The monoisotopic (exact) mass is 306 g/mol. The zero-order valence-electron chi connectivity index (χ0n) is 16.3. The van der Waals surface area contributed by atoms with E-state index in [0.717, 1.165) is 23.7 Å². The van der Waals surface area contributed by atoms with Gasteiger partial charge < -0.3 is 0 Å². The first-order chi connectivity index (χ1) is 10.3. The molecule has 1 aliphatic rings. The highest BCUT2D eigenvalue weighted by atomic mass is 14.4. The zero-order chi connectivity index (χ0) is 16.6. The molecule has 0 amide bonds. The van der Waals surface area contributed by atoms with Crippen molar-refractivity contribution in [2.75, 3.05) is 0 Å². The Morgan fingerprint density at radius 1 is 1.09 bits per heavy atom. The molecule has 4 atom stereocenters. The summed E-state index contributed by atoms with van der Waals surface area (Å²) in [6.07, 6.45) is 17.6. The average Bonchev–Trinajstić information content (AvgIpc) is 2.89. The van der Waals surface area contributed by atoms with E-state index in [0.29, 0.717) is 5.41 Å². The lowest BCUT2D eigenvalue weighted by Crippen LogP contribution is -2.18. The Balaban J connectivity index is 2.32. The van der Waals surface area contributed by atoms with Crippen LogP contribution in [0.5, 0.6) is 0 Å². The Labute approximate surface area is 141 Å². The third-order valence-corrected chi connectivity index (χ3v) is 5.71. The van der Waals surface area contributed by atoms with Gasteiger partial charge in [0.05, 0.1) is 0 Å².